The van der Waals surface area contributed by atoms with Crippen molar-refractivity contribution in [3.8, 4) is 11.5 Å². The van der Waals surface area contributed by atoms with Crippen LogP contribution in [-0.2, 0) is 4.79 Å². The molecule has 0 atom stereocenters. The molecule has 0 aliphatic rings. The molecule has 0 aliphatic carbocycles. The van der Waals surface area contributed by atoms with Crippen molar-refractivity contribution in [2.24, 2.45) is 0 Å². The lowest BCUT2D eigenvalue weighted by atomic mass is 10.1. The van der Waals surface area contributed by atoms with Gasteiger partial charge in [-0.15, -0.1) is 0 Å². The predicted octanol–water partition coefficient (Wildman–Crippen LogP) is 4.50. The molecule has 2 N–H and O–H groups in total. The van der Waals surface area contributed by atoms with Gasteiger partial charge in [-0.3, -0.25) is 9.59 Å². The van der Waals surface area contributed by atoms with Gasteiger partial charge in [-0.1, -0.05) is 36.4 Å². The minimum atomic E-state index is -0.458. The maximum absolute atomic E-state index is 13.0. The molecule has 0 saturated heterocycles. The quantitative estimate of drug-likeness (QED) is 0.530. The fourth-order valence-electron chi connectivity index (χ4n) is 2.86. The molecule has 0 unspecified atom stereocenters. The van der Waals surface area contributed by atoms with Crippen molar-refractivity contribution in [2.75, 3.05) is 19.0 Å². The average molecular weight is 416 g/mol. The van der Waals surface area contributed by atoms with Crippen molar-refractivity contribution >= 4 is 23.6 Å². The number of benzene rings is 3. The number of amides is 2. The van der Waals surface area contributed by atoms with Crippen LogP contribution in [0.25, 0.3) is 6.08 Å². The molecule has 0 spiro atoms. The number of hydrogen-bond donors (Lipinski definition) is 2. The SMILES string of the molecule is CCOc1ccccc1/C=C(/NC(=O)c1ccccc1)C(=O)Nc1ccc(OC)cc1. The van der Waals surface area contributed by atoms with Gasteiger partial charge >= 0.3 is 0 Å². The predicted molar refractivity (Wildman–Crippen MR) is 121 cm³/mol. The fourth-order valence-corrected chi connectivity index (χ4v) is 2.86. The van der Waals surface area contributed by atoms with E-state index in [1.54, 1.807) is 61.7 Å². The van der Waals surface area contributed by atoms with Gasteiger partial charge in [0.05, 0.1) is 13.7 Å². The molecule has 31 heavy (non-hydrogen) atoms. The van der Waals surface area contributed by atoms with Crippen LogP contribution in [-0.4, -0.2) is 25.5 Å². The van der Waals surface area contributed by atoms with Gasteiger partial charge in [0.25, 0.3) is 11.8 Å². The van der Waals surface area contributed by atoms with Crippen molar-refractivity contribution in [3.63, 3.8) is 0 Å². The first kappa shape index (κ1) is 21.6. The van der Waals surface area contributed by atoms with E-state index in [0.717, 1.165) is 0 Å². The summed E-state index contributed by atoms with van der Waals surface area (Å²) < 4.78 is 10.8. The van der Waals surface area contributed by atoms with Crippen LogP contribution in [0.4, 0.5) is 5.69 Å². The monoisotopic (exact) mass is 416 g/mol. The van der Waals surface area contributed by atoms with E-state index in [1.807, 2.05) is 37.3 Å². The van der Waals surface area contributed by atoms with Crippen molar-refractivity contribution in [3.05, 3.63) is 95.7 Å². The lowest BCUT2D eigenvalue weighted by Gasteiger charge is -2.13. The molecule has 158 valence electrons. The third kappa shape index (κ3) is 5.96. The maximum atomic E-state index is 13.0. The molecule has 0 aliphatic heterocycles. The zero-order valence-corrected chi connectivity index (χ0v) is 17.4. The first-order valence-corrected chi connectivity index (χ1v) is 9.86. The summed E-state index contributed by atoms with van der Waals surface area (Å²) in [6.07, 6.45) is 1.60. The van der Waals surface area contributed by atoms with E-state index >= 15 is 0 Å². The molecule has 3 aromatic carbocycles. The van der Waals surface area contributed by atoms with Gasteiger partial charge < -0.3 is 20.1 Å². The minimum Gasteiger partial charge on any atom is -0.497 e. The number of carbonyl (C=O) groups is 2. The second kappa shape index (κ2) is 10.6. The van der Waals surface area contributed by atoms with Gasteiger partial charge in [-0.05, 0) is 55.5 Å². The largest absolute Gasteiger partial charge is 0.497 e. The highest BCUT2D eigenvalue weighted by atomic mass is 16.5. The average Bonchev–Trinajstić information content (AvgIpc) is 2.81. The summed E-state index contributed by atoms with van der Waals surface area (Å²) in [5.41, 5.74) is 1.79. The summed E-state index contributed by atoms with van der Waals surface area (Å²) >= 11 is 0. The van der Waals surface area contributed by atoms with Crippen molar-refractivity contribution < 1.29 is 19.1 Å². The van der Waals surface area contributed by atoms with Gasteiger partial charge in [-0.25, -0.2) is 0 Å². The molecule has 6 nitrogen and oxygen atoms in total. The summed E-state index contributed by atoms with van der Waals surface area (Å²) in [7, 11) is 1.57. The number of anilines is 1. The van der Waals surface area contributed by atoms with E-state index in [9.17, 15) is 9.59 Å². The molecule has 3 rings (SSSR count). The lowest BCUT2D eigenvalue weighted by molar-refractivity contribution is -0.113. The Kier molecular flexibility index (Phi) is 7.43. The highest BCUT2D eigenvalue weighted by Crippen LogP contribution is 2.22. The molecule has 3 aromatic rings. The zero-order chi connectivity index (χ0) is 22.1. The highest BCUT2D eigenvalue weighted by Gasteiger charge is 2.16. The number of carbonyl (C=O) groups excluding carboxylic acids is 2. The van der Waals surface area contributed by atoms with E-state index in [1.165, 1.54) is 0 Å². The molecule has 0 fully saturated rings. The Bertz CT molecular complexity index is 1060. The van der Waals surface area contributed by atoms with E-state index in [4.69, 9.17) is 9.47 Å². The Morgan fingerprint density at radius 1 is 0.903 bits per heavy atom. The number of rotatable bonds is 8. The van der Waals surface area contributed by atoms with Crippen molar-refractivity contribution in [1.82, 2.24) is 5.32 Å². The van der Waals surface area contributed by atoms with Gasteiger partial charge in [0.2, 0.25) is 0 Å². The Balaban J connectivity index is 1.91. The van der Waals surface area contributed by atoms with Crippen LogP contribution >= 0.6 is 0 Å². The normalized spacial score (nSPS) is 10.8. The van der Waals surface area contributed by atoms with E-state index in [-0.39, 0.29) is 11.6 Å². The summed E-state index contributed by atoms with van der Waals surface area (Å²) in [4.78, 5) is 25.8. The molecule has 0 saturated carbocycles. The van der Waals surface area contributed by atoms with Crippen LogP contribution in [0.3, 0.4) is 0 Å². The molecular formula is C25H24N2O4. The lowest BCUT2D eigenvalue weighted by Crippen LogP contribution is -2.30. The Morgan fingerprint density at radius 3 is 2.26 bits per heavy atom. The summed E-state index contributed by atoms with van der Waals surface area (Å²) in [6.45, 7) is 2.36. The summed E-state index contributed by atoms with van der Waals surface area (Å²) in [5, 5.41) is 5.53. The van der Waals surface area contributed by atoms with E-state index in [2.05, 4.69) is 10.6 Å². The number of hydrogen-bond acceptors (Lipinski definition) is 4. The topological polar surface area (TPSA) is 76.7 Å². The molecule has 0 radical (unpaired) electrons. The van der Waals surface area contributed by atoms with E-state index < -0.39 is 5.91 Å². The third-order valence-electron chi connectivity index (χ3n) is 4.40. The van der Waals surface area contributed by atoms with Crippen LogP contribution in [0.5, 0.6) is 11.5 Å². The third-order valence-corrected chi connectivity index (χ3v) is 4.40. The van der Waals surface area contributed by atoms with Crippen LogP contribution in [0.1, 0.15) is 22.8 Å². The molecule has 0 bridgehead atoms. The molecular weight excluding hydrogens is 392 g/mol. The Labute approximate surface area is 181 Å². The second-order valence-corrected chi connectivity index (χ2v) is 6.53. The molecule has 2 amide bonds. The first-order valence-electron chi connectivity index (χ1n) is 9.86. The Morgan fingerprint density at radius 2 is 1.58 bits per heavy atom. The highest BCUT2D eigenvalue weighted by molar-refractivity contribution is 6.10. The number of methoxy groups -OCH3 is 1. The maximum Gasteiger partial charge on any atom is 0.272 e. The number of ether oxygens (including phenoxy) is 2. The van der Waals surface area contributed by atoms with Gasteiger partial charge in [0.15, 0.2) is 0 Å². The fraction of sp³-hybridized carbons (Fsp3) is 0.120. The molecule has 0 aromatic heterocycles. The molecule has 6 heteroatoms. The van der Waals surface area contributed by atoms with Gasteiger partial charge in [0.1, 0.15) is 17.2 Å². The Hall–Kier alpha value is -4.06. The number of para-hydroxylation sites is 1. The smallest absolute Gasteiger partial charge is 0.272 e. The minimum absolute atomic E-state index is 0.0943. The van der Waals surface area contributed by atoms with E-state index in [0.29, 0.717) is 34.9 Å². The molecule has 0 heterocycles. The summed E-state index contributed by atoms with van der Waals surface area (Å²) in [6, 6.07) is 23.0. The zero-order valence-electron chi connectivity index (χ0n) is 17.4. The first-order chi connectivity index (χ1) is 15.1. The van der Waals surface area contributed by atoms with Crippen molar-refractivity contribution in [2.45, 2.75) is 6.92 Å². The van der Waals surface area contributed by atoms with Gasteiger partial charge in [0, 0.05) is 16.8 Å². The van der Waals surface area contributed by atoms with Crippen LogP contribution in [0.15, 0.2) is 84.6 Å². The van der Waals surface area contributed by atoms with Crippen LogP contribution < -0.4 is 20.1 Å². The standard InChI is InChI=1S/C25H24N2O4/c1-3-31-23-12-8-7-11-19(23)17-22(27-24(28)18-9-5-4-6-10-18)25(29)26-20-13-15-21(30-2)16-14-20/h4-17H,3H2,1-2H3,(H,26,29)(H,27,28)/b22-17+. The van der Waals surface area contributed by atoms with Crippen molar-refractivity contribution in [1.29, 1.82) is 0 Å². The summed E-state index contributed by atoms with van der Waals surface area (Å²) in [5.74, 6) is 0.455. The van der Waals surface area contributed by atoms with Gasteiger partial charge in [-0.2, -0.15) is 0 Å². The second-order valence-electron chi connectivity index (χ2n) is 6.53. The van der Waals surface area contributed by atoms with Crippen LogP contribution in [0, 0.1) is 0 Å². The number of nitrogens with one attached hydrogen (secondary N) is 2. The van der Waals surface area contributed by atoms with Crippen LogP contribution in [0.2, 0.25) is 0 Å².